The van der Waals surface area contributed by atoms with Gasteiger partial charge in [0.2, 0.25) is 0 Å². The lowest BCUT2D eigenvalue weighted by atomic mass is 9.73. The van der Waals surface area contributed by atoms with E-state index in [2.05, 4.69) is 5.32 Å². The fourth-order valence-corrected chi connectivity index (χ4v) is 3.87. The predicted octanol–water partition coefficient (Wildman–Crippen LogP) is 2.76. The largest absolute Gasteiger partial charge is 0.488 e. The van der Waals surface area contributed by atoms with Gasteiger partial charge in [0.25, 0.3) is 5.91 Å². The van der Waals surface area contributed by atoms with Gasteiger partial charge in [0, 0.05) is 0 Å². The summed E-state index contributed by atoms with van der Waals surface area (Å²) < 4.78 is 10.5. The highest BCUT2D eigenvalue weighted by Gasteiger charge is 2.55. The number of hydrogen-bond donors (Lipinski definition) is 1. The Morgan fingerprint density at radius 3 is 2.81 bits per heavy atom. The van der Waals surface area contributed by atoms with Gasteiger partial charge in [0.1, 0.15) is 31.0 Å². The average molecular weight is 395 g/mol. The molecule has 1 saturated heterocycles. The second kappa shape index (κ2) is 8.17. The van der Waals surface area contributed by atoms with Gasteiger partial charge in [-0.1, -0.05) is 43.5 Å². The molecule has 3 rings (SSSR count). The van der Waals surface area contributed by atoms with E-state index in [4.69, 9.17) is 21.1 Å². The quantitative estimate of drug-likeness (QED) is 0.455. The number of carbonyl (C=O) groups is 3. The third kappa shape index (κ3) is 4.03. The number of carbonyl (C=O) groups excluding carboxylic acids is 3. The van der Waals surface area contributed by atoms with Crippen molar-refractivity contribution >= 4 is 29.5 Å². The molecule has 27 heavy (non-hydrogen) atoms. The second-order valence-corrected chi connectivity index (χ2v) is 7.35. The van der Waals surface area contributed by atoms with Gasteiger partial charge in [-0.25, -0.2) is 4.79 Å². The number of rotatable bonds is 6. The van der Waals surface area contributed by atoms with Gasteiger partial charge in [-0.3, -0.25) is 14.5 Å². The summed E-state index contributed by atoms with van der Waals surface area (Å²) in [6, 6.07) is 6.45. The van der Waals surface area contributed by atoms with Crippen LogP contribution >= 0.6 is 11.6 Å². The molecule has 7 nitrogen and oxygen atoms in total. The van der Waals surface area contributed by atoms with Crippen LogP contribution in [0.5, 0.6) is 5.75 Å². The fraction of sp³-hybridized carbons (Fsp3) is 0.526. The fourth-order valence-electron chi connectivity index (χ4n) is 3.68. The number of benzene rings is 1. The molecule has 1 heterocycles. The molecule has 8 heteroatoms. The predicted molar refractivity (Wildman–Crippen MR) is 98.5 cm³/mol. The molecule has 2 fully saturated rings. The summed E-state index contributed by atoms with van der Waals surface area (Å²) in [5, 5.41) is 3.28. The summed E-state index contributed by atoms with van der Waals surface area (Å²) in [4.78, 5) is 38.0. The molecule has 2 atom stereocenters. The average Bonchev–Trinajstić information content (AvgIpc) is 2.88. The Bertz CT molecular complexity index is 741. The Kier molecular flexibility index (Phi) is 5.89. The van der Waals surface area contributed by atoms with Crippen LogP contribution in [0.4, 0.5) is 4.79 Å². The molecule has 0 aromatic heterocycles. The zero-order valence-corrected chi connectivity index (χ0v) is 16.0. The van der Waals surface area contributed by atoms with Gasteiger partial charge in [-0.05, 0) is 30.9 Å². The Hall–Kier alpha value is -2.28. The van der Waals surface area contributed by atoms with Gasteiger partial charge in [-0.15, -0.1) is 0 Å². The number of amides is 3. The maximum atomic E-state index is 12.8. The molecule has 2 aliphatic rings. The van der Waals surface area contributed by atoms with Gasteiger partial charge >= 0.3 is 12.0 Å². The first-order valence-electron chi connectivity index (χ1n) is 9.11. The van der Waals surface area contributed by atoms with E-state index in [9.17, 15) is 14.4 Å². The smallest absolute Gasteiger partial charge is 0.326 e. The first-order valence-corrected chi connectivity index (χ1v) is 9.49. The summed E-state index contributed by atoms with van der Waals surface area (Å²) in [5.74, 6) is -0.434. The van der Waals surface area contributed by atoms with Gasteiger partial charge in [-0.2, -0.15) is 0 Å². The summed E-state index contributed by atoms with van der Waals surface area (Å²) >= 11 is 5.97. The molecule has 3 amide bonds. The van der Waals surface area contributed by atoms with E-state index in [0.717, 1.165) is 24.2 Å². The number of hydrogen-bond acceptors (Lipinski definition) is 5. The Labute approximate surface area is 162 Å². The van der Waals surface area contributed by atoms with Crippen molar-refractivity contribution < 1.29 is 23.9 Å². The molecular formula is C19H23ClN2O5. The minimum Gasteiger partial charge on any atom is -0.488 e. The molecule has 1 aromatic rings. The standard InChI is InChI=1S/C19H23ClN2O5/c1-13-6-4-5-9-19(13)17(24)22(18(25)21-19)12-16(23)27-11-10-26-15-8-3-2-7-14(15)20/h2-3,7-8,13H,4-6,9-12H2,1H3,(H,21,25)/t13-,19-/m1/s1. The molecule has 0 bridgehead atoms. The lowest BCUT2D eigenvalue weighted by Gasteiger charge is -2.36. The van der Waals surface area contributed by atoms with Gasteiger partial charge < -0.3 is 14.8 Å². The van der Waals surface area contributed by atoms with E-state index in [0.29, 0.717) is 17.2 Å². The molecular weight excluding hydrogens is 372 g/mol. The number of para-hydroxylation sites is 1. The highest BCUT2D eigenvalue weighted by molar-refractivity contribution is 6.32. The van der Waals surface area contributed by atoms with Crippen LogP contribution in [0.2, 0.25) is 5.02 Å². The molecule has 0 unspecified atom stereocenters. The van der Waals surface area contributed by atoms with Crippen molar-refractivity contribution in [1.29, 1.82) is 0 Å². The van der Waals surface area contributed by atoms with Crippen LogP contribution < -0.4 is 10.1 Å². The molecule has 1 N–H and O–H groups in total. The first kappa shape index (κ1) is 19.5. The number of nitrogens with one attached hydrogen (secondary N) is 1. The third-order valence-corrected chi connectivity index (χ3v) is 5.54. The number of imide groups is 1. The normalized spacial score (nSPS) is 24.8. The van der Waals surface area contributed by atoms with Crippen LogP contribution in [0.1, 0.15) is 32.6 Å². The summed E-state index contributed by atoms with van der Waals surface area (Å²) in [5.41, 5.74) is -0.872. The minimum absolute atomic E-state index is 0.00471. The van der Waals surface area contributed by atoms with Crippen LogP contribution in [0.25, 0.3) is 0 Å². The SMILES string of the molecule is C[C@@H]1CCCC[C@@]12NC(=O)N(CC(=O)OCCOc1ccccc1Cl)C2=O. The van der Waals surface area contributed by atoms with E-state index < -0.39 is 24.1 Å². The third-order valence-electron chi connectivity index (χ3n) is 5.23. The van der Waals surface area contributed by atoms with Crippen molar-refractivity contribution in [1.82, 2.24) is 10.2 Å². The van der Waals surface area contributed by atoms with Crippen molar-refractivity contribution in [2.45, 2.75) is 38.1 Å². The highest BCUT2D eigenvalue weighted by atomic mass is 35.5. The Morgan fingerprint density at radius 2 is 2.07 bits per heavy atom. The van der Waals surface area contributed by atoms with E-state index in [1.165, 1.54) is 0 Å². The molecule has 1 aliphatic carbocycles. The zero-order valence-electron chi connectivity index (χ0n) is 15.2. The zero-order chi connectivity index (χ0) is 19.4. The number of nitrogens with zero attached hydrogens (tertiary/aromatic N) is 1. The molecule has 1 saturated carbocycles. The Morgan fingerprint density at radius 1 is 1.30 bits per heavy atom. The van der Waals surface area contributed by atoms with Crippen LogP contribution in [-0.2, 0) is 14.3 Å². The van der Waals surface area contributed by atoms with Crippen molar-refractivity contribution in [3.63, 3.8) is 0 Å². The highest BCUT2D eigenvalue weighted by Crippen LogP contribution is 2.38. The van der Waals surface area contributed by atoms with E-state index >= 15 is 0 Å². The van der Waals surface area contributed by atoms with E-state index in [1.54, 1.807) is 24.3 Å². The van der Waals surface area contributed by atoms with Gasteiger partial charge in [0.05, 0.1) is 5.02 Å². The molecule has 0 radical (unpaired) electrons. The topological polar surface area (TPSA) is 84.9 Å². The van der Waals surface area contributed by atoms with Crippen LogP contribution in [0.3, 0.4) is 0 Å². The van der Waals surface area contributed by atoms with Crippen molar-refractivity contribution in [2.24, 2.45) is 5.92 Å². The lowest BCUT2D eigenvalue weighted by Crippen LogP contribution is -2.54. The number of urea groups is 1. The summed E-state index contributed by atoms with van der Waals surface area (Å²) in [7, 11) is 0. The second-order valence-electron chi connectivity index (χ2n) is 6.94. The Balaban J connectivity index is 1.48. The van der Waals surface area contributed by atoms with Crippen LogP contribution in [0, 0.1) is 5.92 Å². The molecule has 1 aliphatic heterocycles. The molecule has 146 valence electrons. The van der Waals surface area contributed by atoms with Crippen LogP contribution in [-0.4, -0.2) is 48.1 Å². The van der Waals surface area contributed by atoms with Crippen molar-refractivity contribution in [3.8, 4) is 5.75 Å². The first-order chi connectivity index (χ1) is 12.9. The van der Waals surface area contributed by atoms with Crippen molar-refractivity contribution in [3.05, 3.63) is 29.3 Å². The molecule has 1 spiro atoms. The molecule has 1 aromatic carbocycles. The van der Waals surface area contributed by atoms with E-state index in [-0.39, 0.29) is 25.0 Å². The lowest BCUT2D eigenvalue weighted by molar-refractivity contribution is -0.149. The maximum Gasteiger partial charge on any atom is 0.326 e. The summed E-state index contributed by atoms with van der Waals surface area (Å²) in [6.45, 7) is 1.68. The monoisotopic (exact) mass is 394 g/mol. The number of halogens is 1. The van der Waals surface area contributed by atoms with Crippen LogP contribution in [0.15, 0.2) is 24.3 Å². The van der Waals surface area contributed by atoms with Crippen molar-refractivity contribution in [2.75, 3.05) is 19.8 Å². The van der Waals surface area contributed by atoms with Gasteiger partial charge in [0.15, 0.2) is 0 Å². The number of ether oxygens (including phenoxy) is 2. The minimum atomic E-state index is -0.872. The van der Waals surface area contributed by atoms with E-state index in [1.807, 2.05) is 6.92 Å². The number of esters is 1. The summed E-state index contributed by atoms with van der Waals surface area (Å²) in [6.07, 6.45) is 3.41. The maximum absolute atomic E-state index is 12.8.